The Labute approximate surface area is 148 Å². The van der Waals surface area contributed by atoms with Crippen LogP contribution in [0.2, 0.25) is 0 Å². The number of rotatable bonds is 3. The van der Waals surface area contributed by atoms with E-state index in [4.69, 9.17) is 9.72 Å². The highest BCUT2D eigenvalue weighted by Gasteiger charge is 2.21. The molecule has 0 bridgehead atoms. The lowest BCUT2D eigenvalue weighted by atomic mass is 10.2. The van der Waals surface area contributed by atoms with E-state index < -0.39 is 0 Å². The molecule has 8 heteroatoms. The van der Waals surface area contributed by atoms with Gasteiger partial charge in [0.05, 0.1) is 19.0 Å². The van der Waals surface area contributed by atoms with E-state index in [0.717, 1.165) is 43.8 Å². The van der Waals surface area contributed by atoms with Crippen LogP contribution in [0.15, 0.2) is 18.3 Å². The Morgan fingerprint density at radius 2 is 1.84 bits per heavy atom. The van der Waals surface area contributed by atoms with Gasteiger partial charge in [0.15, 0.2) is 10.9 Å². The molecule has 128 valence electrons. The van der Waals surface area contributed by atoms with Crippen LogP contribution in [0.3, 0.4) is 0 Å². The van der Waals surface area contributed by atoms with Crippen molar-refractivity contribution in [3.05, 3.63) is 35.4 Å². The van der Waals surface area contributed by atoms with Crippen LogP contribution in [0.1, 0.15) is 17.1 Å². The zero-order valence-corrected chi connectivity index (χ0v) is 15.5. The quantitative estimate of drug-likeness (QED) is 0.565. The molecule has 0 fully saturated rings. The summed E-state index contributed by atoms with van der Waals surface area (Å²) in [5.74, 6) is 0.706. The molecule has 4 aromatic rings. The number of hydrogen-bond donors (Lipinski definition) is 0. The Balaban J connectivity index is 1.98. The Bertz CT molecular complexity index is 1050. The van der Waals surface area contributed by atoms with Gasteiger partial charge in [-0.1, -0.05) is 16.6 Å². The van der Waals surface area contributed by atoms with Gasteiger partial charge in [-0.05, 0) is 32.9 Å². The van der Waals surface area contributed by atoms with Crippen LogP contribution in [0.5, 0.6) is 5.75 Å². The predicted molar refractivity (Wildman–Crippen MR) is 97.5 cm³/mol. The molecule has 0 saturated carbocycles. The third-order valence-corrected chi connectivity index (χ3v) is 5.32. The first-order valence-electron chi connectivity index (χ1n) is 7.86. The van der Waals surface area contributed by atoms with Crippen molar-refractivity contribution in [2.75, 3.05) is 7.11 Å². The summed E-state index contributed by atoms with van der Waals surface area (Å²) in [4.78, 5) is 9.34. The van der Waals surface area contributed by atoms with Gasteiger partial charge in [-0.25, -0.2) is 14.6 Å². The van der Waals surface area contributed by atoms with Gasteiger partial charge in [0, 0.05) is 18.4 Å². The van der Waals surface area contributed by atoms with Gasteiger partial charge in [0.1, 0.15) is 21.6 Å². The molecule has 0 unspecified atom stereocenters. The number of methoxy groups -OCH3 is 1. The molecule has 4 aromatic heterocycles. The molecular formula is C17H18N6OS. The standard InChI is InChI=1S/C17H18N6OS/c1-9-6-7-10(2)23(9)17-19-12-8-18-13(15(24-5)16(12)25-17)14-11(3)20-21-22(14)4/h6-8H,1-5H3. The molecule has 0 aromatic carbocycles. The van der Waals surface area contributed by atoms with Crippen LogP contribution in [-0.2, 0) is 7.05 Å². The smallest absolute Gasteiger partial charge is 0.195 e. The van der Waals surface area contributed by atoms with E-state index in [1.165, 1.54) is 0 Å². The van der Waals surface area contributed by atoms with Gasteiger partial charge in [-0.15, -0.1) is 5.10 Å². The normalized spacial score (nSPS) is 11.4. The molecule has 25 heavy (non-hydrogen) atoms. The largest absolute Gasteiger partial charge is 0.493 e. The SMILES string of the molecule is COc1c(-c2c(C)nnn2C)ncc2nc(-n3c(C)ccc3C)sc12. The summed E-state index contributed by atoms with van der Waals surface area (Å²) in [5, 5.41) is 9.10. The Hall–Kier alpha value is -2.74. The molecule has 0 saturated heterocycles. The number of ether oxygens (including phenoxy) is 1. The minimum atomic E-state index is 0.706. The van der Waals surface area contributed by atoms with Gasteiger partial charge < -0.3 is 4.74 Å². The molecule has 0 N–H and O–H groups in total. The highest BCUT2D eigenvalue weighted by Crippen LogP contribution is 2.39. The highest BCUT2D eigenvalue weighted by molar-refractivity contribution is 7.21. The molecule has 0 amide bonds. The number of nitrogens with zero attached hydrogens (tertiary/aromatic N) is 6. The summed E-state index contributed by atoms with van der Waals surface area (Å²) in [6.07, 6.45) is 1.79. The average molecular weight is 354 g/mol. The lowest BCUT2D eigenvalue weighted by Gasteiger charge is -2.08. The Morgan fingerprint density at radius 3 is 2.44 bits per heavy atom. The van der Waals surface area contributed by atoms with Gasteiger partial charge in [0.25, 0.3) is 0 Å². The number of aromatic nitrogens is 6. The van der Waals surface area contributed by atoms with E-state index in [2.05, 4.69) is 45.8 Å². The average Bonchev–Trinajstić information content (AvgIpc) is 3.24. The fraction of sp³-hybridized carbons (Fsp3) is 0.294. The summed E-state index contributed by atoms with van der Waals surface area (Å²) in [5.41, 5.74) is 5.51. The molecule has 4 heterocycles. The highest BCUT2D eigenvalue weighted by atomic mass is 32.1. The van der Waals surface area contributed by atoms with Crippen molar-refractivity contribution in [3.63, 3.8) is 0 Å². The minimum absolute atomic E-state index is 0.706. The molecule has 0 aliphatic carbocycles. The van der Waals surface area contributed by atoms with E-state index in [0.29, 0.717) is 5.75 Å². The lowest BCUT2D eigenvalue weighted by Crippen LogP contribution is -1.99. The second kappa shape index (κ2) is 5.66. The van der Waals surface area contributed by atoms with Gasteiger partial charge in [-0.2, -0.15) is 0 Å². The van der Waals surface area contributed by atoms with Crippen LogP contribution in [-0.4, -0.2) is 36.6 Å². The van der Waals surface area contributed by atoms with E-state index in [1.807, 2.05) is 14.0 Å². The summed E-state index contributed by atoms with van der Waals surface area (Å²) >= 11 is 1.59. The van der Waals surface area contributed by atoms with Crippen LogP contribution in [0.4, 0.5) is 0 Å². The van der Waals surface area contributed by atoms with Crippen LogP contribution in [0.25, 0.3) is 26.7 Å². The molecule has 0 aliphatic rings. The van der Waals surface area contributed by atoms with Gasteiger partial charge in [-0.3, -0.25) is 4.57 Å². The molecule has 7 nitrogen and oxygen atoms in total. The van der Waals surface area contributed by atoms with E-state index >= 15 is 0 Å². The monoisotopic (exact) mass is 354 g/mol. The van der Waals surface area contributed by atoms with Crippen molar-refractivity contribution in [3.8, 4) is 22.3 Å². The Kier molecular flexibility index (Phi) is 3.57. The van der Waals surface area contributed by atoms with Crippen molar-refractivity contribution in [1.82, 2.24) is 29.5 Å². The maximum Gasteiger partial charge on any atom is 0.195 e. The molecule has 0 aliphatic heterocycles. The Morgan fingerprint density at radius 1 is 1.12 bits per heavy atom. The zero-order chi connectivity index (χ0) is 17.7. The first-order valence-corrected chi connectivity index (χ1v) is 8.68. The van der Waals surface area contributed by atoms with Crippen molar-refractivity contribution in [1.29, 1.82) is 0 Å². The maximum absolute atomic E-state index is 5.71. The second-order valence-electron chi connectivity index (χ2n) is 5.95. The molecule has 0 radical (unpaired) electrons. The first-order chi connectivity index (χ1) is 12.0. The van der Waals surface area contributed by atoms with Crippen molar-refractivity contribution in [2.45, 2.75) is 20.8 Å². The van der Waals surface area contributed by atoms with Crippen molar-refractivity contribution >= 4 is 21.6 Å². The summed E-state index contributed by atoms with van der Waals surface area (Å²) in [6.45, 7) is 6.06. The summed E-state index contributed by atoms with van der Waals surface area (Å²) in [7, 11) is 3.51. The van der Waals surface area contributed by atoms with Crippen molar-refractivity contribution in [2.24, 2.45) is 7.05 Å². The van der Waals surface area contributed by atoms with Gasteiger partial charge in [0.2, 0.25) is 0 Å². The van der Waals surface area contributed by atoms with E-state index in [1.54, 1.807) is 29.3 Å². The second-order valence-corrected chi connectivity index (χ2v) is 6.93. The summed E-state index contributed by atoms with van der Waals surface area (Å²) < 4.78 is 10.5. The molecular weight excluding hydrogens is 336 g/mol. The van der Waals surface area contributed by atoms with E-state index in [-0.39, 0.29) is 0 Å². The van der Waals surface area contributed by atoms with Crippen molar-refractivity contribution < 1.29 is 4.74 Å². The third kappa shape index (κ3) is 2.32. The zero-order valence-electron chi connectivity index (χ0n) is 14.7. The van der Waals surface area contributed by atoms with Crippen LogP contribution >= 0.6 is 11.3 Å². The molecule has 4 rings (SSSR count). The molecule has 0 atom stereocenters. The molecule has 0 spiro atoms. The number of aryl methyl sites for hydroxylation is 4. The lowest BCUT2D eigenvalue weighted by molar-refractivity contribution is 0.420. The van der Waals surface area contributed by atoms with E-state index in [9.17, 15) is 0 Å². The first kappa shape index (κ1) is 15.8. The minimum Gasteiger partial charge on any atom is -0.493 e. The predicted octanol–water partition coefficient (Wildman–Crippen LogP) is 3.21. The van der Waals surface area contributed by atoms with Crippen LogP contribution < -0.4 is 4.74 Å². The maximum atomic E-state index is 5.71. The third-order valence-electron chi connectivity index (χ3n) is 4.27. The summed E-state index contributed by atoms with van der Waals surface area (Å²) in [6, 6.07) is 4.18. The number of thiazole rings is 1. The number of fused-ring (bicyclic) bond motifs is 1. The number of pyridine rings is 1. The van der Waals surface area contributed by atoms with Crippen LogP contribution in [0, 0.1) is 20.8 Å². The fourth-order valence-electron chi connectivity index (χ4n) is 3.07. The number of hydrogen-bond acceptors (Lipinski definition) is 6. The van der Waals surface area contributed by atoms with Gasteiger partial charge >= 0.3 is 0 Å². The fourth-order valence-corrected chi connectivity index (χ4v) is 4.25. The topological polar surface area (TPSA) is 70.7 Å².